The normalized spacial score (nSPS) is 32.1. The van der Waals surface area contributed by atoms with E-state index in [4.69, 9.17) is 10.3 Å². The third-order valence-electron chi connectivity index (χ3n) is 3.33. The minimum atomic E-state index is -0.812. The summed E-state index contributed by atoms with van der Waals surface area (Å²) >= 11 is 0. The standard InChI is InChI=1S/C12H14FN3O/c1-6-2-3-7(4-10(6)14)11-15-12(17-16-11)8-5-9(8)13/h2-3,8-10H,4-5,14H2,1H3/t8-,9-,10?/m0/s1. The molecule has 1 heterocycles. The van der Waals surface area contributed by atoms with Crippen LogP contribution in [0.4, 0.5) is 4.39 Å². The molecule has 3 atom stereocenters. The van der Waals surface area contributed by atoms with Gasteiger partial charge in [-0.15, -0.1) is 0 Å². The lowest BCUT2D eigenvalue weighted by molar-refractivity contribution is 0.361. The quantitative estimate of drug-likeness (QED) is 0.851. The second-order valence-corrected chi connectivity index (χ2v) is 4.73. The average Bonchev–Trinajstić information content (AvgIpc) is 2.86. The summed E-state index contributed by atoms with van der Waals surface area (Å²) in [4.78, 5) is 4.23. The molecule has 4 nitrogen and oxygen atoms in total. The Kier molecular flexibility index (Phi) is 2.36. The van der Waals surface area contributed by atoms with Crippen molar-refractivity contribution < 1.29 is 8.91 Å². The first kappa shape index (κ1) is 10.7. The molecule has 1 unspecified atom stereocenters. The Morgan fingerprint density at radius 2 is 2.24 bits per heavy atom. The summed E-state index contributed by atoms with van der Waals surface area (Å²) < 4.78 is 17.9. The summed E-state index contributed by atoms with van der Waals surface area (Å²) in [5.74, 6) is 0.762. The molecule has 5 heteroatoms. The van der Waals surface area contributed by atoms with Gasteiger partial charge >= 0.3 is 0 Å². The summed E-state index contributed by atoms with van der Waals surface area (Å²) in [6.45, 7) is 2.00. The molecule has 2 N–H and O–H groups in total. The number of nitrogens with zero attached hydrogens (tertiary/aromatic N) is 2. The highest BCUT2D eigenvalue weighted by Crippen LogP contribution is 2.42. The lowest BCUT2D eigenvalue weighted by atomic mass is 9.95. The molecule has 0 amide bonds. The number of nitrogens with two attached hydrogens (primary N) is 1. The van der Waals surface area contributed by atoms with Crippen LogP contribution in [0.5, 0.6) is 0 Å². The third kappa shape index (κ3) is 1.91. The molecule has 0 aromatic carbocycles. The zero-order valence-corrected chi connectivity index (χ0v) is 9.56. The van der Waals surface area contributed by atoms with Crippen molar-refractivity contribution in [2.24, 2.45) is 5.73 Å². The van der Waals surface area contributed by atoms with Crippen molar-refractivity contribution in [1.29, 1.82) is 0 Å². The Morgan fingerprint density at radius 3 is 2.88 bits per heavy atom. The molecule has 1 fully saturated rings. The van der Waals surface area contributed by atoms with Crippen LogP contribution in [0.2, 0.25) is 0 Å². The highest BCUT2D eigenvalue weighted by Gasteiger charge is 2.43. The van der Waals surface area contributed by atoms with E-state index < -0.39 is 6.17 Å². The lowest BCUT2D eigenvalue weighted by Crippen LogP contribution is -2.23. The molecule has 3 rings (SSSR count). The second-order valence-electron chi connectivity index (χ2n) is 4.73. The van der Waals surface area contributed by atoms with E-state index in [-0.39, 0.29) is 12.0 Å². The van der Waals surface area contributed by atoms with Crippen molar-refractivity contribution in [1.82, 2.24) is 10.1 Å². The van der Waals surface area contributed by atoms with Crippen LogP contribution in [0.25, 0.3) is 5.57 Å². The summed E-state index contributed by atoms with van der Waals surface area (Å²) in [6.07, 6.45) is 4.31. The molecule has 0 spiro atoms. The first-order chi connectivity index (χ1) is 8.15. The number of rotatable bonds is 2. The molecular formula is C12H14FN3O. The topological polar surface area (TPSA) is 64.9 Å². The van der Waals surface area contributed by atoms with Gasteiger partial charge in [-0.1, -0.05) is 22.9 Å². The predicted molar refractivity (Wildman–Crippen MR) is 60.9 cm³/mol. The van der Waals surface area contributed by atoms with Gasteiger partial charge in [0.1, 0.15) is 6.17 Å². The summed E-state index contributed by atoms with van der Waals surface area (Å²) in [7, 11) is 0. The molecular weight excluding hydrogens is 221 g/mol. The summed E-state index contributed by atoms with van der Waals surface area (Å²) in [5, 5.41) is 3.89. The van der Waals surface area contributed by atoms with Gasteiger partial charge in [0.15, 0.2) is 5.82 Å². The molecule has 17 heavy (non-hydrogen) atoms. The van der Waals surface area contributed by atoms with Gasteiger partial charge < -0.3 is 10.3 Å². The molecule has 0 radical (unpaired) electrons. The average molecular weight is 235 g/mol. The van der Waals surface area contributed by atoms with Gasteiger partial charge in [-0.25, -0.2) is 4.39 Å². The lowest BCUT2D eigenvalue weighted by Gasteiger charge is -2.16. The van der Waals surface area contributed by atoms with E-state index in [2.05, 4.69) is 10.1 Å². The van der Waals surface area contributed by atoms with E-state index in [1.165, 1.54) is 0 Å². The SMILES string of the molecule is CC1=CC=C(c2noc([C@H]3C[C@@H]3F)n2)CC1N. The number of halogens is 1. The largest absolute Gasteiger partial charge is 0.339 e. The van der Waals surface area contributed by atoms with Gasteiger partial charge in [0.05, 0.1) is 5.92 Å². The molecule has 90 valence electrons. The molecule has 0 aliphatic heterocycles. The third-order valence-corrected chi connectivity index (χ3v) is 3.33. The van der Waals surface area contributed by atoms with E-state index in [0.29, 0.717) is 24.6 Å². The van der Waals surface area contributed by atoms with E-state index in [1.54, 1.807) is 0 Å². The Labute approximate surface area is 98.4 Å². The Bertz CT molecular complexity index is 506. The highest BCUT2D eigenvalue weighted by molar-refractivity contribution is 5.64. The molecule has 2 aliphatic carbocycles. The first-order valence-electron chi connectivity index (χ1n) is 5.76. The molecule has 1 saturated carbocycles. The molecule has 0 bridgehead atoms. The molecule has 0 saturated heterocycles. The van der Waals surface area contributed by atoms with Crippen LogP contribution in [-0.2, 0) is 0 Å². The second kappa shape index (κ2) is 3.77. The zero-order valence-electron chi connectivity index (χ0n) is 9.56. The maximum Gasteiger partial charge on any atom is 0.233 e. The maximum absolute atomic E-state index is 12.9. The van der Waals surface area contributed by atoms with E-state index in [0.717, 1.165) is 11.1 Å². The van der Waals surface area contributed by atoms with Gasteiger partial charge in [-0.2, -0.15) is 4.98 Å². The predicted octanol–water partition coefficient (Wildman–Crippen LogP) is 1.96. The maximum atomic E-state index is 12.9. The number of aromatic nitrogens is 2. The van der Waals surface area contributed by atoms with Crippen molar-refractivity contribution >= 4 is 5.57 Å². The fraction of sp³-hybridized carbons (Fsp3) is 0.500. The van der Waals surface area contributed by atoms with Gasteiger partial charge in [-0.05, 0) is 19.8 Å². The van der Waals surface area contributed by atoms with Gasteiger partial charge in [0.25, 0.3) is 0 Å². The van der Waals surface area contributed by atoms with Gasteiger partial charge in [0.2, 0.25) is 5.89 Å². The molecule has 1 aromatic rings. The van der Waals surface area contributed by atoms with E-state index in [1.807, 2.05) is 19.1 Å². The van der Waals surface area contributed by atoms with Gasteiger partial charge in [0, 0.05) is 11.6 Å². The van der Waals surface area contributed by atoms with Crippen molar-refractivity contribution in [3.8, 4) is 0 Å². The zero-order chi connectivity index (χ0) is 12.0. The van der Waals surface area contributed by atoms with Crippen LogP contribution in [0.3, 0.4) is 0 Å². The van der Waals surface area contributed by atoms with E-state index >= 15 is 0 Å². The first-order valence-corrected chi connectivity index (χ1v) is 5.76. The highest BCUT2D eigenvalue weighted by atomic mass is 19.1. The smallest absolute Gasteiger partial charge is 0.233 e. The van der Waals surface area contributed by atoms with Crippen molar-refractivity contribution in [3.63, 3.8) is 0 Å². The van der Waals surface area contributed by atoms with Crippen LogP contribution < -0.4 is 5.73 Å². The minimum absolute atomic E-state index is 0.00630. The van der Waals surface area contributed by atoms with E-state index in [9.17, 15) is 4.39 Å². The van der Waals surface area contributed by atoms with Crippen LogP contribution in [0.15, 0.2) is 22.2 Å². The fourth-order valence-electron chi connectivity index (χ4n) is 1.92. The minimum Gasteiger partial charge on any atom is -0.339 e. The molecule has 2 aliphatic rings. The Hall–Kier alpha value is -1.49. The Morgan fingerprint density at radius 1 is 1.47 bits per heavy atom. The van der Waals surface area contributed by atoms with Gasteiger partial charge in [-0.3, -0.25) is 0 Å². The van der Waals surface area contributed by atoms with Crippen molar-refractivity contribution in [3.05, 3.63) is 29.4 Å². The summed E-state index contributed by atoms with van der Waals surface area (Å²) in [6, 6.07) is 0.00630. The van der Waals surface area contributed by atoms with Crippen LogP contribution in [0, 0.1) is 0 Å². The number of allylic oxidation sites excluding steroid dienone is 2. The number of hydrogen-bond acceptors (Lipinski definition) is 4. The fourth-order valence-corrected chi connectivity index (χ4v) is 1.92. The molecule has 1 aromatic heterocycles. The van der Waals surface area contributed by atoms with Crippen LogP contribution in [0.1, 0.15) is 37.4 Å². The Balaban J connectivity index is 1.83. The number of alkyl halides is 1. The van der Waals surface area contributed by atoms with Crippen LogP contribution >= 0.6 is 0 Å². The van der Waals surface area contributed by atoms with Crippen molar-refractivity contribution in [2.45, 2.75) is 37.9 Å². The monoisotopic (exact) mass is 235 g/mol. The van der Waals surface area contributed by atoms with Crippen LogP contribution in [-0.4, -0.2) is 22.4 Å². The summed E-state index contributed by atoms with van der Waals surface area (Å²) in [5.41, 5.74) is 8.05. The van der Waals surface area contributed by atoms with Crippen molar-refractivity contribution in [2.75, 3.05) is 0 Å². The number of hydrogen-bond donors (Lipinski definition) is 1.